The standard InChI is InChI=1S/C15H22N2O3/c1-10(16)12-5-6-13(14(7-12)19-2)20-9-15(18)17-8-11-3-4-11/h5-7,10-11H,3-4,8-9,16H2,1-2H3,(H,17,18). The van der Waals surface area contributed by atoms with E-state index in [9.17, 15) is 4.79 Å². The van der Waals surface area contributed by atoms with E-state index in [1.54, 1.807) is 13.2 Å². The molecule has 1 saturated carbocycles. The first kappa shape index (κ1) is 14.7. The van der Waals surface area contributed by atoms with Crippen LogP contribution < -0.4 is 20.5 Å². The van der Waals surface area contributed by atoms with E-state index in [0.717, 1.165) is 12.1 Å². The summed E-state index contributed by atoms with van der Waals surface area (Å²) in [5.74, 6) is 1.71. The lowest BCUT2D eigenvalue weighted by Gasteiger charge is -2.13. The zero-order valence-corrected chi connectivity index (χ0v) is 12.0. The summed E-state index contributed by atoms with van der Waals surface area (Å²) in [6.07, 6.45) is 2.43. The molecule has 0 heterocycles. The highest BCUT2D eigenvalue weighted by molar-refractivity contribution is 5.77. The van der Waals surface area contributed by atoms with Crippen molar-refractivity contribution < 1.29 is 14.3 Å². The van der Waals surface area contributed by atoms with Gasteiger partial charge in [-0.15, -0.1) is 0 Å². The van der Waals surface area contributed by atoms with Crippen LogP contribution in [0.2, 0.25) is 0 Å². The average Bonchev–Trinajstić information content (AvgIpc) is 3.26. The van der Waals surface area contributed by atoms with Crippen LogP contribution >= 0.6 is 0 Å². The summed E-state index contributed by atoms with van der Waals surface area (Å²) in [5, 5.41) is 2.86. The van der Waals surface area contributed by atoms with Crippen molar-refractivity contribution in [1.82, 2.24) is 5.32 Å². The summed E-state index contributed by atoms with van der Waals surface area (Å²) in [7, 11) is 1.57. The molecule has 1 aliphatic carbocycles. The Bertz CT molecular complexity index is 470. The van der Waals surface area contributed by atoms with E-state index in [1.807, 2.05) is 19.1 Å². The molecule has 0 bridgehead atoms. The van der Waals surface area contributed by atoms with Gasteiger partial charge >= 0.3 is 0 Å². The van der Waals surface area contributed by atoms with Gasteiger partial charge in [0.15, 0.2) is 18.1 Å². The highest BCUT2D eigenvalue weighted by Crippen LogP contribution is 2.30. The molecule has 5 heteroatoms. The number of hydrogen-bond donors (Lipinski definition) is 2. The maximum absolute atomic E-state index is 11.6. The SMILES string of the molecule is COc1cc(C(C)N)ccc1OCC(=O)NCC1CC1. The second-order valence-corrected chi connectivity index (χ2v) is 5.24. The average molecular weight is 278 g/mol. The largest absolute Gasteiger partial charge is 0.493 e. The molecule has 5 nitrogen and oxygen atoms in total. The Hall–Kier alpha value is -1.75. The van der Waals surface area contributed by atoms with Gasteiger partial charge in [-0.25, -0.2) is 0 Å². The van der Waals surface area contributed by atoms with Crippen molar-refractivity contribution in [2.45, 2.75) is 25.8 Å². The normalized spacial score (nSPS) is 15.6. The Morgan fingerprint density at radius 1 is 1.45 bits per heavy atom. The van der Waals surface area contributed by atoms with Crippen LogP contribution in [-0.4, -0.2) is 26.2 Å². The fourth-order valence-electron chi connectivity index (χ4n) is 1.86. The molecule has 0 saturated heterocycles. The lowest BCUT2D eigenvalue weighted by Crippen LogP contribution is -2.30. The zero-order chi connectivity index (χ0) is 14.5. The molecule has 1 aromatic carbocycles. The molecular weight excluding hydrogens is 256 g/mol. The Labute approximate surface area is 119 Å². The summed E-state index contributed by atoms with van der Waals surface area (Å²) in [6.45, 7) is 2.66. The molecule has 1 aliphatic rings. The Kier molecular flexibility index (Phi) is 4.84. The quantitative estimate of drug-likeness (QED) is 0.795. The van der Waals surface area contributed by atoms with E-state index in [0.29, 0.717) is 17.4 Å². The maximum atomic E-state index is 11.6. The Balaban J connectivity index is 1.88. The lowest BCUT2D eigenvalue weighted by molar-refractivity contribution is -0.123. The molecule has 0 aromatic heterocycles. The molecule has 110 valence electrons. The van der Waals surface area contributed by atoms with Crippen molar-refractivity contribution in [3.8, 4) is 11.5 Å². The molecule has 1 unspecified atom stereocenters. The van der Waals surface area contributed by atoms with Crippen LogP contribution in [0.3, 0.4) is 0 Å². The predicted octanol–water partition coefficient (Wildman–Crippen LogP) is 1.62. The number of ether oxygens (including phenoxy) is 2. The first-order chi connectivity index (χ1) is 9.60. The highest BCUT2D eigenvalue weighted by Gasteiger charge is 2.21. The summed E-state index contributed by atoms with van der Waals surface area (Å²) >= 11 is 0. The van der Waals surface area contributed by atoms with Crippen molar-refractivity contribution in [3.05, 3.63) is 23.8 Å². The van der Waals surface area contributed by atoms with Crippen LogP contribution in [0.5, 0.6) is 11.5 Å². The first-order valence-corrected chi connectivity index (χ1v) is 6.93. The third kappa shape index (κ3) is 4.13. The van der Waals surface area contributed by atoms with E-state index in [1.165, 1.54) is 12.8 Å². The molecule has 0 radical (unpaired) electrons. The fourth-order valence-corrected chi connectivity index (χ4v) is 1.86. The maximum Gasteiger partial charge on any atom is 0.257 e. The van der Waals surface area contributed by atoms with Crippen LogP contribution in [0.15, 0.2) is 18.2 Å². The van der Waals surface area contributed by atoms with Gasteiger partial charge < -0.3 is 20.5 Å². The lowest BCUT2D eigenvalue weighted by atomic mass is 10.1. The minimum Gasteiger partial charge on any atom is -0.493 e. The third-order valence-electron chi connectivity index (χ3n) is 3.36. The fraction of sp³-hybridized carbons (Fsp3) is 0.533. The number of amides is 1. The molecular formula is C15H22N2O3. The van der Waals surface area contributed by atoms with Gasteiger partial charge in [0.2, 0.25) is 0 Å². The van der Waals surface area contributed by atoms with Crippen molar-refractivity contribution >= 4 is 5.91 Å². The van der Waals surface area contributed by atoms with Crippen LogP contribution in [0.4, 0.5) is 0 Å². The number of benzene rings is 1. The van der Waals surface area contributed by atoms with E-state index in [2.05, 4.69) is 5.32 Å². The first-order valence-electron chi connectivity index (χ1n) is 6.93. The summed E-state index contributed by atoms with van der Waals surface area (Å²) in [4.78, 5) is 11.6. The van der Waals surface area contributed by atoms with Gasteiger partial charge in [-0.3, -0.25) is 4.79 Å². The van der Waals surface area contributed by atoms with Gasteiger partial charge in [0.05, 0.1) is 7.11 Å². The van der Waals surface area contributed by atoms with Gasteiger partial charge in [-0.05, 0) is 43.4 Å². The van der Waals surface area contributed by atoms with E-state index in [4.69, 9.17) is 15.2 Å². The molecule has 0 spiro atoms. The van der Waals surface area contributed by atoms with Gasteiger partial charge in [-0.1, -0.05) is 6.07 Å². The topological polar surface area (TPSA) is 73.6 Å². The van der Waals surface area contributed by atoms with Gasteiger partial charge in [0.25, 0.3) is 5.91 Å². The third-order valence-corrected chi connectivity index (χ3v) is 3.36. The Morgan fingerprint density at radius 3 is 2.80 bits per heavy atom. The van der Waals surface area contributed by atoms with Crippen LogP contribution in [0, 0.1) is 5.92 Å². The minimum absolute atomic E-state index is 0.000600. The van der Waals surface area contributed by atoms with Gasteiger partial charge in [0, 0.05) is 12.6 Å². The number of hydrogen-bond acceptors (Lipinski definition) is 4. The summed E-state index contributed by atoms with van der Waals surface area (Å²) in [6, 6.07) is 5.43. The van der Waals surface area contributed by atoms with E-state index in [-0.39, 0.29) is 18.6 Å². The zero-order valence-electron chi connectivity index (χ0n) is 12.0. The number of carbonyl (C=O) groups is 1. The number of nitrogens with one attached hydrogen (secondary N) is 1. The predicted molar refractivity (Wildman–Crippen MR) is 76.8 cm³/mol. The van der Waals surface area contributed by atoms with Crippen LogP contribution in [0.1, 0.15) is 31.4 Å². The Morgan fingerprint density at radius 2 is 2.20 bits per heavy atom. The number of carbonyl (C=O) groups excluding carboxylic acids is 1. The monoisotopic (exact) mass is 278 g/mol. The van der Waals surface area contributed by atoms with E-state index < -0.39 is 0 Å². The molecule has 3 N–H and O–H groups in total. The van der Waals surface area contributed by atoms with E-state index >= 15 is 0 Å². The highest BCUT2D eigenvalue weighted by atomic mass is 16.5. The number of methoxy groups -OCH3 is 1. The summed E-state index contributed by atoms with van der Waals surface area (Å²) in [5.41, 5.74) is 6.79. The molecule has 1 aromatic rings. The smallest absolute Gasteiger partial charge is 0.257 e. The molecule has 1 amide bonds. The number of rotatable bonds is 7. The molecule has 1 fully saturated rings. The molecule has 20 heavy (non-hydrogen) atoms. The van der Waals surface area contributed by atoms with Crippen molar-refractivity contribution in [3.63, 3.8) is 0 Å². The van der Waals surface area contributed by atoms with Crippen LogP contribution in [0.25, 0.3) is 0 Å². The van der Waals surface area contributed by atoms with Crippen LogP contribution in [-0.2, 0) is 4.79 Å². The van der Waals surface area contributed by atoms with Crippen molar-refractivity contribution in [2.75, 3.05) is 20.3 Å². The second kappa shape index (κ2) is 6.61. The molecule has 0 aliphatic heterocycles. The van der Waals surface area contributed by atoms with Gasteiger partial charge in [-0.2, -0.15) is 0 Å². The number of nitrogens with two attached hydrogens (primary N) is 1. The second-order valence-electron chi connectivity index (χ2n) is 5.24. The molecule has 1 atom stereocenters. The van der Waals surface area contributed by atoms with Gasteiger partial charge in [0.1, 0.15) is 0 Å². The summed E-state index contributed by atoms with van der Waals surface area (Å²) < 4.78 is 10.8. The molecule has 2 rings (SSSR count). The minimum atomic E-state index is -0.102. The van der Waals surface area contributed by atoms with Crippen molar-refractivity contribution in [2.24, 2.45) is 11.7 Å². The van der Waals surface area contributed by atoms with Crippen molar-refractivity contribution in [1.29, 1.82) is 0 Å².